The summed E-state index contributed by atoms with van der Waals surface area (Å²) in [6.07, 6.45) is 4.44. The average molecular weight is 279 g/mol. The van der Waals surface area contributed by atoms with Crippen LogP contribution in [0.4, 0.5) is 0 Å². The number of furan rings is 1. The van der Waals surface area contributed by atoms with E-state index >= 15 is 0 Å². The third kappa shape index (κ3) is 3.84. The van der Waals surface area contributed by atoms with E-state index in [0.717, 1.165) is 38.2 Å². The van der Waals surface area contributed by atoms with Gasteiger partial charge in [-0.3, -0.25) is 9.69 Å². The SMILES string of the molecule is CCN(Cc1ccco1)C(CN)CC(=O)N1CCCC1. The van der Waals surface area contributed by atoms with Crippen molar-refractivity contribution in [2.45, 2.75) is 38.8 Å². The number of amides is 1. The normalized spacial score (nSPS) is 16.9. The number of hydrogen-bond acceptors (Lipinski definition) is 4. The zero-order chi connectivity index (χ0) is 14.4. The van der Waals surface area contributed by atoms with Gasteiger partial charge in [-0.15, -0.1) is 0 Å². The summed E-state index contributed by atoms with van der Waals surface area (Å²) in [5, 5.41) is 0. The quantitative estimate of drug-likeness (QED) is 0.820. The molecule has 1 saturated heterocycles. The van der Waals surface area contributed by atoms with Gasteiger partial charge in [-0.1, -0.05) is 6.92 Å². The van der Waals surface area contributed by atoms with Crippen LogP contribution in [0.3, 0.4) is 0 Å². The molecule has 5 nitrogen and oxygen atoms in total. The molecule has 2 rings (SSSR count). The summed E-state index contributed by atoms with van der Waals surface area (Å²) in [5.74, 6) is 1.15. The molecule has 0 aromatic carbocycles. The zero-order valence-electron chi connectivity index (χ0n) is 12.3. The smallest absolute Gasteiger partial charge is 0.224 e. The van der Waals surface area contributed by atoms with Crippen LogP contribution in [0.2, 0.25) is 0 Å². The van der Waals surface area contributed by atoms with E-state index in [9.17, 15) is 4.79 Å². The summed E-state index contributed by atoms with van der Waals surface area (Å²) in [6.45, 7) is 5.95. The summed E-state index contributed by atoms with van der Waals surface area (Å²) >= 11 is 0. The molecule has 0 aliphatic carbocycles. The summed E-state index contributed by atoms with van der Waals surface area (Å²) in [7, 11) is 0. The molecule has 5 heteroatoms. The van der Waals surface area contributed by atoms with E-state index in [1.54, 1.807) is 6.26 Å². The molecule has 1 aliphatic heterocycles. The first-order valence-corrected chi connectivity index (χ1v) is 7.48. The Kier molecular flexibility index (Phi) is 5.61. The fraction of sp³-hybridized carbons (Fsp3) is 0.667. The summed E-state index contributed by atoms with van der Waals surface area (Å²) in [6, 6.07) is 3.92. The topological polar surface area (TPSA) is 62.7 Å². The van der Waals surface area contributed by atoms with Crippen molar-refractivity contribution in [2.24, 2.45) is 5.73 Å². The van der Waals surface area contributed by atoms with Crippen molar-refractivity contribution in [1.29, 1.82) is 0 Å². The van der Waals surface area contributed by atoms with Gasteiger partial charge in [0.1, 0.15) is 5.76 Å². The molecule has 2 N–H and O–H groups in total. The van der Waals surface area contributed by atoms with Gasteiger partial charge in [-0.2, -0.15) is 0 Å². The Balaban J connectivity index is 1.92. The van der Waals surface area contributed by atoms with Gasteiger partial charge in [-0.05, 0) is 31.5 Å². The largest absolute Gasteiger partial charge is 0.468 e. The van der Waals surface area contributed by atoms with Crippen molar-refractivity contribution in [3.05, 3.63) is 24.2 Å². The zero-order valence-corrected chi connectivity index (χ0v) is 12.3. The monoisotopic (exact) mass is 279 g/mol. The predicted octanol–water partition coefficient (Wildman–Crippen LogP) is 1.44. The van der Waals surface area contributed by atoms with Crippen molar-refractivity contribution in [3.8, 4) is 0 Å². The van der Waals surface area contributed by atoms with E-state index in [0.29, 0.717) is 19.5 Å². The highest BCUT2D eigenvalue weighted by Crippen LogP contribution is 2.14. The highest BCUT2D eigenvalue weighted by Gasteiger charge is 2.24. The van der Waals surface area contributed by atoms with E-state index in [-0.39, 0.29) is 11.9 Å². The van der Waals surface area contributed by atoms with Crippen LogP contribution in [0.25, 0.3) is 0 Å². The molecule has 1 aromatic rings. The molecule has 1 fully saturated rings. The minimum atomic E-state index is 0.0817. The Labute approximate surface area is 120 Å². The Bertz CT molecular complexity index is 399. The number of rotatable bonds is 7. The lowest BCUT2D eigenvalue weighted by Crippen LogP contribution is -2.44. The van der Waals surface area contributed by atoms with Crippen molar-refractivity contribution in [2.75, 3.05) is 26.2 Å². The predicted molar refractivity (Wildman–Crippen MR) is 78.1 cm³/mol. The molecule has 20 heavy (non-hydrogen) atoms. The Morgan fingerprint density at radius 1 is 1.50 bits per heavy atom. The van der Waals surface area contributed by atoms with Crippen molar-refractivity contribution in [3.63, 3.8) is 0 Å². The Morgan fingerprint density at radius 3 is 2.80 bits per heavy atom. The first-order valence-electron chi connectivity index (χ1n) is 7.48. The molecule has 1 atom stereocenters. The highest BCUT2D eigenvalue weighted by atomic mass is 16.3. The first-order chi connectivity index (χ1) is 9.74. The lowest BCUT2D eigenvalue weighted by molar-refractivity contribution is -0.131. The fourth-order valence-electron chi connectivity index (χ4n) is 2.76. The second kappa shape index (κ2) is 7.45. The molecule has 2 heterocycles. The van der Waals surface area contributed by atoms with Gasteiger partial charge in [0.15, 0.2) is 0 Å². The molecule has 1 aromatic heterocycles. The first kappa shape index (κ1) is 15.1. The maximum absolute atomic E-state index is 12.3. The van der Waals surface area contributed by atoms with E-state index in [2.05, 4.69) is 11.8 Å². The molecular weight excluding hydrogens is 254 g/mol. The lowest BCUT2D eigenvalue weighted by Gasteiger charge is -2.30. The van der Waals surface area contributed by atoms with Gasteiger partial charge in [0, 0.05) is 32.1 Å². The van der Waals surface area contributed by atoms with Gasteiger partial charge in [0.2, 0.25) is 5.91 Å². The van der Waals surface area contributed by atoms with Crippen LogP contribution in [-0.4, -0.2) is 47.9 Å². The van der Waals surface area contributed by atoms with Crippen LogP contribution < -0.4 is 5.73 Å². The van der Waals surface area contributed by atoms with Gasteiger partial charge in [-0.25, -0.2) is 0 Å². The van der Waals surface area contributed by atoms with Crippen LogP contribution in [0.15, 0.2) is 22.8 Å². The summed E-state index contributed by atoms with van der Waals surface area (Å²) < 4.78 is 5.39. The number of hydrogen-bond donors (Lipinski definition) is 1. The number of carbonyl (C=O) groups excluding carboxylic acids is 1. The van der Waals surface area contributed by atoms with Gasteiger partial charge < -0.3 is 15.1 Å². The molecular formula is C15H25N3O2. The molecule has 0 radical (unpaired) electrons. The number of likely N-dealkylation sites (tertiary alicyclic amines) is 1. The molecule has 1 amide bonds. The van der Waals surface area contributed by atoms with Gasteiger partial charge in [0.05, 0.1) is 12.8 Å². The third-order valence-electron chi connectivity index (χ3n) is 4.00. The maximum Gasteiger partial charge on any atom is 0.224 e. The fourth-order valence-corrected chi connectivity index (χ4v) is 2.76. The second-order valence-corrected chi connectivity index (χ2v) is 5.32. The van der Waals surface area contributed by atoms with E-state index in [1.165, 1.54) is 0 Å². The average Bonchev–Trinajstić information content (AvgIpc) is 3.14. The Morgan fingerprint density at radius 2 is 2.25 bits per heavy atom. The molecule has 1 unspecified atom stereocenters. The van der Waals surface area contributed by atoms with Gasteiger partial charge >= 0.3 is 0 Å². The van der Waals surface area contributed by atoms with Gasteiger partial charge in [0.25, 0.3) is 0 Å². The summed E-state index contributed by atoms with van der Waals surface area (Å²) in [5.41, 5.74) is 5.88. The van der Waals surface area contributed by atoms with Crippen LogP contribution in [-0.2, 0) is 11.3 Å². The second-order valence-electron chi connectivity index (χ2n) is 5.32. The standard InChI is InChI=1S/C15H25N3O2/c1-2-17(12-14-6-5-9-20-14)13(11-16)10-15(19)18-7-3-4-8-18/h5-6,9,13H,2-4,7-8,10-12,16H2,1H3. The van der Waals surface area contributed by atoms with Crippen LogP contribution in [0.5, 0.6) is 0 Å². The molecule has 1 aliphatic rings. The highest BCUT2D eigenvalue weighted by molar-refractivity contribution is 5.77. The van der Waals surface area contributed by atoms with Crippen molar-refractivity contribution < 1.29 is 9.21 Å². The number of nitrogens with two attached hydrogens (primary N) is 1. The maximum atomic E-state index is 12.3. The third-order valence-corrected chi connectivity index (χ3v) is 4.00. The van der Waals surface area contributed by atoms with Crippen LogP contribution in [0, 0.1) is 0 Å². The minimum Gasteiger partial charge on any atom is -0.468 e. The van der Waals surface area contributed by atoms with E-state index in [1.807, 2.05) is 17.0 Å². The molecule has 0 saturated carbocycles. The lowest BCUT2D eigenvalue weighted by atomic mass is 10.1. The number of carbonyl (C=O) groups is 1. The van der Waals surface area contributed by atoms with E-state index < -0.39 is 0 Å². The minimum absolute atomic E-state index is 0.0817. The van der Waals surface area contributed by atoms with Crippen LogP contribution >= 0.6 is 0 Å². The Hall–Kier alpha value is -1.33. The molecule has 112 valence electrons. The van der Waals surface area contributed by atoms with E-state index in [4.69, 9.17) is 10.2 Å². The van der Waals surface area contributed by atoms with Crippen molar-refractivity contribution in [1.82, 2.24) is 9.80 Å². The summed E-state index contributed by atoms with van der Waals surface area (Å²) in [4.78, 5) is 16.4. The molecule has 0 spiro atoms. The number of likely N-dealkylation sites (N-methyl/N-ethyl adjacent to an activating group) is 1. The number of nitrogens with zero attached hydrogens (tertiary/aromatic N) is 2. The van der Waals surface area contributed by atoms with Crippen molar-refractivity contribution >= 4 is 5.91 Å². The van der Waals surface area contributed by atoms with Crippen LogP contribution in [0.1, 0.15) is 31.9 Å². The molecule has 0 bridgehead atoms.